The molecule has 2 atom stereocenters. The number of hydrogen-bond donors (Lipinski definition) is 0. The van der Waals surface area contributed by atoms with E-state index in [0.717, 1.165) is 6.42 Å². The molecule has 1 aliphatic heterocycles. The van der Waals surface area contributed by atoms with Gasteiger partial charge in [0, 0.05) is 0 Å². The molecule has 2 unspecified atom stereocenters. The highest BCUT2D eigenvalue weighted by Crippen LogP contribution is 2.44. The monoisotopic (exact) mass is 222 g/mol. The second-order valence-corrected chi connectivity index (χ2v) is 6.07. The van der Waals surface area contributed by atoms with Crippen molar-refractivity contribution in [3.05, 3.63) is 0 Å². The van der Waals surface area contributed by atoms with Crippen LogP contribution in [0.1, 0.15) is 38.5 Å². The fraction of sp³-hybridized carbons (Fsp3) is 1.00. The zero-order valence-corrected chi connectivity index (χ0v) is 9.20. The molecule has 2 nitrogen and oxygen atoms in total. The average Bonchev–Trinajstić information content (AvgIpc) is 2.01. The third-order valence-corrected chi connectivity index (χ3v) is 4.17. The van der Waals surface area contributed by atoms with Crippen molar-refractivity contribution in [2.45, 2.75) is 50.2 Å². The zero-order valence-electron chi connectivity index (χ0n) is 7.63. The summed E-state index contributed by atoms with van der Waals surface area (Å²) in [7, 11) is 4.23. The molecule has 1 heterocycles. The number of rotatable bonds is 2. The SMILES string of the molecule is O=S(Cl)CC1CCCC2(CCC2)O1. The molecule has 1 aliphatic carbocycles. The normalized spacial score (nSPS) is 34.1. The summed E-state index contributed by atoms with van der Waals surface area (Å²) in [6.07, 6.45) is 7.25. The Bertz CT molecular complexity index is 216. The lowest BCUT2D eigenvalue weighted by atomic mass is 9.74. The minimum Gasteiger partial charge on any atom is -0.371 e. The molecule has 1 spiro atoms. The lowest BCUT2D eigenvalue weighted by Crippen LogP contribution is -2.47. The maximum absolute atomic E-state index is 10.8. The Morgan fingerprint density at radius 1 is 1.38 bits per heavy atom. The second-order valence-electron chi connectivity index (χ2n) is 4.13. The molecule has 4 heteroatoms. The number of halogens is 1. The van der Waals surface area contributed by atoms with Crippen LogP contribution in [0.15, 0.2) is 0 Å². The molecule has 13 heavy (non-hydrogen) atoms. The Labute approximate surface area is 85.9 Å². The highest BCUT2D eigenvalue weighted by molar-refractivity contribution is 8.08. The lowest BCUT2D eigenvalue weighted by Gasteiger charge is -2.47. The smallest absolute Gasteiger partial charge is 0.117 e. The summed E-state index contributed by atoms with van der Waals surface area (Å²) in [5, 5.41) is 0. The van der Waals surface area contributed by atoms with Crippen molar-refractivity contribution in [3.63, 3.8) is 0 Å². The van der Waals surface area contributed by atoms with Gasteiger partial charge in [0.05, 0.1) is 17.5 Å². The van der Waals surface area contributed by atoms with Crippen LogP contribution in [0, 0.1) is 0 Å². The molecular weight excluding hydrogens is 208 g/mol. The van der Waals surface area contributed by atoms with E-state index in [0.29, 0.717) is 5.75 Å². The van der Waals surface area contributed by atoms with Crippen LogP contribution in [0.3, 0.4) is 0 Å². The first-order chi connectivity index (χ1) is 6.20. The van der Waals surface area contributed by atoms with Gasteiger partial charge in [-0.1, -0.05) is 0 Å². The first kappa shape index (κ1) is 9.94. The standard InChI is InChI=1S/C9H15ClO2S/c10-13(11)7-8-3-1-4-9(12-8)5-2-6-9/h8H,1-7H2. The quantitative estimate of drug-likeness (QED) is 0.671. The summed E-state index contributed by atoms with van der Waals surface area (Å²) in [4.78, 5) is 0. The molecule has 2 aliphatic rings. The molecule has 0 N–H and O–H groups in total. The second kappa shape index (κ2) is 3.87. The predicted molar refractivity (Wildman–Crippen MR) is 54.2 cm³/mol. The maximum Gasteiger partial charge on any atom is 0.117 e. The third-order valence-electron chi connectivity index (χ3n) is 3.16. The van der Waals surface area contributed by atoms with Crippen LogP contribution in [0.2, 0.25) is 0 Å². The highest BCUT2D eigenvalue weighted by Gasteiger charge is 2.42. The highest BCUT2D eigenvalue weighted by atomic mass is 35.7. The molecule has 1 saturated heterocycles. The van der Waals surface area contributed by atoms with Crippen LogP contribution < -0.4 is 0 Å². The summed E-state index contributed by atoms with van der Waals surface area (Å²) in [6, 6.07) is 0. The molecule has 0 radical (unpaired) electrons. The summed E-state index contributed by atoms with van der Waals surface area (Å²) in [5.74, 6) is 0.503. The molecule has 0 amide bonds. The van der Waals surface area contributed by atoms with E-state index < -0.39 is 10.0 Å². The molecule has 0 aromatic heterocycles. The van der Waals surface area contributed by atoms with Crippen LogP contribution in [-0.2, 0) is 14.7 Å². The minimum atomic E-state index is -1.23. The van der Waals surface area contributed by atoms with Gasteiger partial charge >= 0.3 is 0 Å². The van der Waals surface area contributed by atoms with Gasteiger partial charge in [0.25, 0.3) is 0 Å². The first-order valence-electron chi connectivity index (χ1n) is 4.93. The first-order valence-corrected chi connectivity index (χ1v) is 7.07. The van der Waals surface area contributed by atoms with Crippen LogP contribution in [-0.4, -0.2) is 21.7 Å². The van der Waals surface area contributed by atoms with E-state index in [9.17, 15) is 4.21 Å². The van der Waals surface area contributed by atoms with Gasteiger partial charge in [-0.05, 0) is 49.2 Å². The Morgan fingerprint density at radius 2 is 2.08 bits per heavy atom. The molecule has 0 aromatic carbocycles. The largest absolute Gasteiger partial charge is 0.371 e. The molecule has 1 saturated carbocycles. The molecule has 2 rings (SSSR count). The summed E-state index contributed by atoms with van der Waals surface area (Å²) in [5.41, 5.74) is 0.166. The van der Waals surface area contributed by atoms with Gasteiger partial charge in [-0.3, -0.25) is 0 Å². The molecule has 76 valence electrons. The fourth-order valence-electron chi connectivity index (χ4n) is 2.33. The van der Waals surface area contributed by atoms with E-state index in [1.165, 1.54) is 32.1 Å². The molecular formula is C9H15ClO2S. The van der Waals surface area contributed by atoms with Crippen molar-refractivity contribution in [1.82, 2.24) is 0 Å². The van der Waals surface area contributed by atoms with Crippen molar-refractivity contribution in [1.29, 1.82) is 0 Å². The summed E-state index contributed by atoms with van der Waals surface area (Å²) >= 11 is 0. The van der Waals surface area contributed by atoms with E-state index in [4.69, 9.17) is 15.4 Å². The summed E-state index contributed by atoms with van der Waals surface area (Å²) < 4.78 is 16.8. The third kappa shape index (κ3) is 2.25. The predicted octanol–water partition coefficient (Wildman–Crippen LogP) is 2.38. The van der Waals surface area contributed by atoms with E-state index in [1.807, 2.05) is 0 Å². The lowest BCUT2D eigenvalue weighted by molar-refractivity contribution is -0.161. The Morgan fingerprint density at radius 3 is 2.62 bits per heavy atom. The van der Waals surface area contributed by atoms with Crippen molar-refractivity contribution in [2.75, 3.05) is 5.75 Å². The van der Waals surface area contributed by atoms with E-state index in [-0.39, 0.29) is 11.7 Å². The topological polar surface area (TPSA) is 26.3 Å². The molecule has 0 bridgehead atoms. The van der Waals surface area contributed by atoms with Gasteiger partial charge in [-0.25, -0.2) is 4.21 Å². The Kier molecular flexibility index (Phi) is 2.96. The van der Waals surface area contributed by atoms with Gasteiger partial charge in [0.1, 0.15) is 10.0 Å². The summed E-state index contributed by atoms with van der Waals surface area (Å²) in [6.45, 7) is 0. The number of hydrogen-bond acceptors (Lipinski definition) is 2. The molecule has 2 fully saturated rings. The van der Waals surface area contributed by atoms with E-state index in [2.05, 4.69) is 0 Å². The van der Waals surface area contributed by atoms with Crippen LogP contribution in [0.4, 0.5) is 0 Å². The Hall–Kier alpha value is 0.400. The van der Waals surface area contributed by atoms with Crippen molar-refractivity contribution >= 4 is 20.7 Å². The van der Waals surface area contributed by atoms with Crippen molar-refractivity contribution in [2.24, 2.45) is 0 Å². The van der Waals surface area contributed by atoms with Gasteiger partial charge < -0.3 is 4.74 Å². The van der Waals surface area contributed by atoms with Crippen LogP contribution >= 0.6 is 10.7 Å². The average molecular weight is 223 g/mol. The van der Waals surface area contributed by atoms with E-state index >= 15 is 0 Å². The van der Waals surface area contributed by atoms with Gasteiger partial charge in [-0.15, -0.1) is 0 Å². The molecule has 0 aromatic rings. The van der Waals surface area contributed by atoms with Crippen molar-refractivity contribution in [3.8, 4) is 0 Å². The maximum atomic E-state index is 10.8. The van der Waals surface area contributed by atoms with Gasteiger partial charge in [0.15, 0.2) is 0 Å². The fourth-order valence-corrected chi connectivity index (χ4v) is 3.27. The van der Waals surface area contributed by atoms with Crippen molar-refractivity contribution < 1.29 is 8.95 Å². The zero-order chi connectivity index (χ0) is 9.31. The Balaban J connectivity index is 1.88. The van der Waals surface area contributed by atoms with Crippen LogP contribution in [0.5, 0.6) is 0 Å². The van der Waals surface area contributed by atoms with E-state index in [1.54, 1.807) is 0 Å². The minimum absolute atomic E-state index is 0.146. The van der Waals surface area contributed by atoms with Crippen LogP contribution in [0.25, 0.3) is 0 Å². The number of ether oxygens (including phenoxy) is 1. The van der Waals surface area contributed by atoms with Gasteiger partial charge in [0.2, 0.25) is 0 Å². The van der Waals surface area contributed by atoms with Gasteiger partial charge in [-0.2, -0.15) is 0 Å².